The second-order valence-corrected chi connectivity index (χ2v) is 4.76. The van der Waals surface area contributed by atoms with Crippen LogP contribution in [0.4, 0.5) is 0 Å². The first-order chi connectivity index (χ1) is 9.50. The van der Waals surface area contributed by atoms with Crippen molar-refractivity contribution in [1.29, 1.82) is 0 Å². The molecule has 0 heterocycles. The maximum atomic E-state index is 11.8. The molecule has 1 amide bonds. The fourth-order valence-corrected chi connectivity index (χ4v) is 2.02. The molecule has 0 bridgehead atoms. The number of ether oxygens (including phenoxy) is 1. The summed E-state index contributed by atoms with van der Waals surface area (Å²) in [5.41, 5.74) is 2.35. The van der Waals surface area contributed by atoms with Crippen molar-refractivity contribution in [2.75, 3.05) is 19.8 Å². The Morgan fingerprint density at radius 1 is 1.35 bits per heavy atom. The van der Waals surface area contributed by atoms with Gasteiger partial charge in [0.2, 0.25) is 5.91 Å². The molecular formula is C15H21NO4. The Morgan fingerprint density at radius 2 is 2.05 bits per heavy atom. The number of amides is 1. The highest BCUT2D eigenvalue weighted by Gasteiger charge is 2.12. The lowest BCUT2D eigenvalue weighted by atomic mass is 9.93. The molecule has 5 nitrogen and oxygen atoms in total. The number of carboxylic acid groups (broad SMARTS) is 1. The highest BCUT2D eigenvalue weighted by atomic mass is 16.5. The Morgan fingerprint density at radius 3 is 2.70 bits per heavy atom. The van der Waals surface area contributed by atoms with Gasteiger partial charge in [-0.3, -0.25) is 4.79 Å². The third-order valence-corrected chi connectivity index (χ3v) is 3.01. The van der Waals surface area contributed by atoms with E-state index in [1.807, 2.05) is 38.1 Å². The van der Waals surface area contributed by atoms with Gasteiger partial charge in [0.05, 0.1) is 6.61 Å². The van der Waals surface area contributed by atoms with Crippen LogP contribution in [0, 0.1) is 6.92 Å². The van der Waals surface area contributed by atoms with Crippen LogP contribution in [0.15, 0.2) is 24.3 Å². The summed E-state index contributed by atoms with van der Waals surface area (Å²) >= 11 is 0. The Bertz CT molecular complexity index is 459. The van der Waals surface area contributed by atoms with Crippen LogP contribution in [0.5, 0.6) is 0 Å². The van der Waals surface area contributed by atoms with E-state index in [2.05, 4.69) is 5.32 Å². The molecule has 0 aliphatic rings. The van der Waals surface area contributed by atoms with Gasteiger partial charge in [-0.15, -0.1) is 0 Å². The molecule has 0 radical (unpaired) electrons. The van der Waals surface area contributed by atoms with Crippen molar-refractivity contribution in [3.8, 4) is 0 Å². The van der Waals surface area contributed by atoms with Gasteiger partial charge >= 0.3 is 5.97 Å². The normalized spacial score (nSPS) is 11.9. The topological polar surface area (TPSA) is 75.6 Å². The smallest absolute Gasteiger partial charge is 0.329 e. The van der Waals surface area contributed by atoms with Crippen molar-refractivity contribution in [3.63, 3.8) is 0 Å². The molecule has 0 aliphatic heterocycles. The molecule has 0 spiro atoms. The van der Waals surface area contributed by atoms with Crippen molar-refractivity contribution < 1.29 is 19.4 Å². The third-order valence-electron chi connectivity index (χ3n) is 3.01. The molecule has 20 heavy (non-hydrogen) atoms. The van der Waals surface area contributed by atoms with Gasteiger partial charge in [0.1, 0.15) is 6.61 Å². The minimum atomic E-state index is -1.01. The maximum absolute atomic E-state index is 11.8. The summed E-state index contributed by atoms with van der Waals surface area (Å²) in [5, 5.41) is 11.1. The van der Waals surface area contributed by atoms with Crippen LogP contribution >= 0.6 is 0 Å². The van der Waals surface area contributed by atoms with Gasteiger partial charge in [0, 0.05) is 13.0 Å². The molecule has 5 heteroatoms. The number of aliphatic carboxylic acids is 1. The zero-order valence-corrected chi connectivity index (χ0v) is 11.9. The Balaban J connectivity index is 2.28. The number of carboxylic acids is 1. The van der Waals surface area contributed by atoms with Crippen LogP contribution in [0.1, 0.15) is 30.4 Å². The maximum Gasteiger partial charge on any atom is 0.329 e. The van der Waals surface area contributed by atoms with E-state index in [1.165, 1.54) is 11.1 Å². The molecule has 0 aromatic heterocycles. The fourth-order valence-electron chi connectivity index (χ4n) is 2.02. The zero-order valence-electron chi connectivity index (χ0n) is 11.9. The summed E-state index contributed by atoms with van der Waals surface area (Å²) in [6, 6.07) is 8.01. The lowest BCUT2D eigenvalue weighted by Crippen LogP contribution is -2.28. The van der Waals surface area contributed by atoms with E-state index in [-0.39, 0.29) is 25.0 Å². The minimum Gasteiger partial charge on any atom is -0.480 e. The third kappa shape index (κ3) is 5.84. The molecule has 1 unspecified atom stereocenters. The van der Waals surface area contributed by atoms with Gasteiger partial charge < -0.3 is 15.2 Å². The first-order valence-electron chi connectivity index (χ1n) is 6.62. The molecule has 0 aliphatic carbocycles. The molecule has 1 atom stereocenters. The van der Waals surface area contributed by atoms with E-state index in [9.17, 15) is 9.59 Å². The van der Waals surface area contributed by atoms with Crippen molar-refractivity contribution in [1.82, 2.24) is 5.32 Å². The van der Waals surface area contributed by atoms with E-state index < -0.39 is 5.97 Å². The van der Waals surface area contributed by atoms with Gasteiger partial charge in [-0.25, -0.2) is 4.79 Å². The van der Waals surface area contributed by atoms with Crippen molar-refractivity contribution in [2.24, 2.45) is 0 Å². The number of carbonyl (C=O) groups excluding carboxylic acids is 1. The van der Waals surface area contributed by atoms with Crippen LogP contribution in [0.3, 0.4) is 0 Å². The summed E-state index contributed by atoms with van der Waals surface area (Å²) in [5.74, 6) is -0.916. The van der Waals surface area contributed by atoms with E-state index in [1.54, 1.807) is 0 Å². The molecule has 0 saturated heterocycles. The van der Waals surface area contributed by atoms with Crippen LogP contribution < -0.4 is 5.32 Å². The van der Waals surface area contributed by atoms with Gasteiger partial charge in [-0.2, -0.15) is 0 Å². The second-order valence-electron chi connectivity index (χ2n) is 4.76. The molecule has 0 fully saturated rings. The summed E-state index contributed by atoms with van der Waals surface area (Å²) in [6.07, 6.45) is 0.407. The average molecular weight is 279 g/mol. The summed E-state index contributed by atoms with van der Waals surface area (Å²) in [7, 11) is 0. The predicted molar refractivity (Wildman–Crippen MR) is 75.7 cm³/mol. The van der Waals surface area contributed by atoms with Crippen molar-refractivity contribution >= 4 is 11.9 Å². The van der Waals surface area contributed by atoms with Gasteiger partial charge in [0.25, 0.3) is 0 Å². The predicted octanol–water partition coefficient (Wildman–Crippen LogP) is 1.71. The SMILES string of the molecule is Cc1ccccc1C(C)CC(=O)NCCOCC(=O)O. The monoisotopic (exact) mass is 279 g/mol. The lowest BCUT2D eigenvalue weighted by molar-refractivity contribution is -0.142. The summed E-state index contributed by atoms with van der Waals surface area (Å²) in [6.45, 7) is 4.24. The fraction of sp³-hybridized carbons (Fsp3) is 0.467. The number of carbonyl (C=O) groups is 2. The quantitative estimate of drug-likeness (QED) is 0.710. The number of rotatable bonds is 8. The van der Waals surface area contributed by atoms with Crippen LogP contribution in [0.25, 0.3) is 0 Å². The van der Waals surface area contributed by atoms with Crippen LogP contribution in [-0.2, 0) is 14.3 Å². The number of aryl methyl sites for hydroxylation is 1. The molecule has 1 aromatic rings. The zero-order chi connectivity index (χ0) is 15.0. The molecule has 2 N–H and O–H groups in total. The molecule has 1 rings (SSSR count). The second kappa shape index (κ2) is 8.32. The van der Waals surface area contributed by atoms with E-state index in [0.717, 1.165) is 0 Å². The standard InChI is InChI=1S/C15H21NO4/c1-11-5-3-4-6-13(11)12(2)9-14(17)16-7-8-20-10-15(18)19/h3-6,12H,7-10H2,1-2H3,(H,16,17)(H,18,19). The number of benzene rings is 1. The Hall–Kier alpha value is -1.88. The number of hydrogen-bond donors (Lipinski definition) is 2. The molecular weight excluding hydrogens is 258 g/mol. The average Bonchev–Trinajstić information content (AvgIpc) is 2.38. The summed E-state index contributed by atoms with van der Waals surface area (Å²) in [4.78, 5) is 22.0. The van der Waals surface area contributed by atoms with Gasteiger partial charge in [0.15, 0.2) is 0 Å². The minimum absolute atomic E-state index is 0.0559. The van der Waals surface area contributed by atoms with E-state index in [0.29, 0.717) is 13.0 Å². The number of nitrogens with one attached hydrogen (secondary N) is 1. The number of hydrogen-bond acceptors (Lipinski definition) is 3. The largest absolute Gasteiger partial charge is 0.480 e. The molecule has 1 aromatic carbocycles. The van der Waals surface area contributed by atoms with E-state index >= 15 is 0 Å². The van der Waals surface area contributed by atoms with Crippen molar-refractivity contribution in [2.45, 2.75) is 26.2 Å². The Labute approximate surface area is 118 Å². The van der Waals surface area contributed by atoms with Crippen molar-refractivity contribution in [3.05, 3.63) is 35.4 Å². The first kappa shape index (κ1) is 16.2. The summed E-state index contributed by atoms with van der Waals surface area (Å²) < 4.78 is 4.84. The van der Waals surface area contributed by atoms with E-state index in [4.69, 9.17) is 9.84 Å². The highest BCUT2D eigenvalue weighted by molar-refractivity contribution is 5.76. The Kier molecular flexibility index (Phi) is 6.73. The highest BCUT2D eigenvalue weighted by Crippen LogP contribution is 2.21. The van der Waals surface area contributed by atoms with Gasteiger partial charge in [-0.05, 0) is 24.0 Å². The molecule has 110 valence electrons. The first-order valence-corrected chi connectivity index (χ1v) is 6.62. The molecule has 0 saturated carbocycles. The van der Waals surface area contributed by atoms with Crippen LogP contribution in [0.2, 0.25) is 0 Å². The van der Waals surface area contributed by atoms with Crippen LogP contribution in [-0.4, -0.2) is 36.7 Å². The lowest BCUT2D eigenvalue weighted by Gasteiger charge is -2.14. The van der Waals surface area contributed by atoms with Gasteiger partial charge in [-0.1, -0.05) is 31.2 Å².